The lowest BCUT2D eigenvalue weighted by Crippen LogP contribution is -1.97. The van der Waals surface area contributed by atoms with Crippen molar-refractivity contribution < 1.29 is 0 Å². The van der Waals surface area contributed by atoms with Crippen LogP contribution in [-0.2, 0) is 0 Å². The van der Waals surface area contributed by atoms with E-state index in [1.165, 1.54) is 6.33 Å². The molecule has 0 amide bonds. The Hall–Kier alpha value is -0.390. The van der Waals surface area contributed by atoms with Gasteiger partial charge in [-0.3, -0.25) is 0 Å². The molecule has 1 aromatic rings. The number of halogens is 1. The van der Waals surface area contributed by atoms with E-state index in [0.717, 1.165) is 9.26 Å². The van der Waals surface area contributed by atoms with Crippen LogP contribution in [-0.4, -0.2) is 9.97 Å². The van der Waals surface area contributed by atoms with E-state index in [0.29, 0.717) is 5.82 Å². The Balaban J connectivity index is 3.25. The zero-order valence-corrected chi connectivity index (χ0v) is 7.08. The lowest BCUT2D eigenvalue weighted by molar-refractivity contribution is 1.10. The number of anilines is 1. The third kappa shape index (κ3) is 1.29. The van der Waals surface area contributed by atoms with E-state index in [2.05, 4.69) is 32.6 Å². The summed E-state index contributed by atoms with van der Waals surface area (Å²) in [4.78, 5) is 7.74. The smallest absolute Gasteiger partial charge is 0.130 e. The third-order valence-corrected chi connectivity index (χ3v) is 2.15. The van der Waals surface area contributed by atoms with Crippen LogP contribution in [0.25, 0.3) is 0 Å². The van der Waals surface area contributed by atoms with Gasteiger partial charge >= 0.3 is 0 Å². The molecule has 1 heterocycles. The molecule has 0 aromatic carbocycles. The molecule has 0 fully saturated rings. The molecule has 1 rings (SSSR count). The van der Waals surface area contributed by atoms with Gasteiger partial charge in [-0.2, -0.15) is 0 Å². The number of hydrogen-bond acceptors (Lipinski definition) is 3. The molecule has 0 unspecified atom stereocenters. The van der Waals surface area contributed by atoms with Crippen LogP contribution >= 0.6 is 22.6 Å². The second-order valence-electron chi connectivity index (χ2n) is 1.67. The Morgan fingerprint density at radius 2 is 2.22 bits per heavy atom. The molecule has 1 aromatic heterocycles. The Bertz CT molecular complexity index is 203. The number of aromatic nitrogens is 2. The van der Waals surface area contributed by atoms with E-state index in [4.69, 9.17) is 5.73 Å². The Morgan fingerprint density at radius 1 is 1.56 bits per heavy atom. The molecule has 0 bridgehead atoms. The first-order chi connectivity index (χ1) is 4.22. The van der Waals surface area contributed by atoms with Gasteiger partial charge in [0.1, 0.15) is 15.8 Å². The summed E-state index contributed by atoms with van der Waals surface area (Å²) in [5, 5.41) is 0. The third-order valence-electron chi connectivity index (χ3n) is 1.06. The minimum atomic E-state index is 0.564. The van der Waals surface area contributed by atoms with Crippen molar-refractivity contribution >= 4 is 28.4 Å². The lowest BCUT2D eigenvalue weighted by Gasteiger charge is -1.96. The predicted octanol–water partition coefficient (Wildman–Crippen LogP) is 0.972. The van der Waals surface area contributed by atoms with E-state index < -0.39 is 0 Å². The number of nitrogens with two attached hydrogens (primary N) is 1. The van der Waals surface area contributed by atoms with Crippen molar-refractivity contribution in [2.45, 2.75) is 6.92 Å². The molecule has 48 valence electrons. The highest BCUT2D eigenvalue weighted by molar-refractivity contribution is 14.1. The van der Waals surface area contributed by atoms with Crippen molar-refractivity contribution in [1.29, 1.82) is 0 Å². The van der Waals surface area contributed by atoms with Crippen molar-refractivity contribution in [1.82, 2.24) is 9.97 Å². The summed E-state index contributed by atoms with van der Waals surface area (Å²) in [5.41, 5.74) is 6.42. The van der Waals surface area contributed by atoms with Gasteiger partial charge in [0.25, 0.3) is 0 Å². The maximum absolute atomic E-state index is 5.46. The van der Waals surface area contributed by atoms with Crippen molar-refractivity contribution in [2.75, 3.05) is 5.73 Å². The first-order valence-corrected chi connectivity index (χ1v) is 3.52. The highest BCUT2D eigenvalue weighted by atomic mass is 127. The van der Waals surface area contributed by atoms with E-state index >= 15 is 0 Å². The topological polar surface area (TPSA) is 51.8 Å². The summed E-state index contributed by atoms with van der Waals surface area (Å²) < 4.78 is 0.917. The van der Waals surface area contributed by atoms with Crippen LogP contribution in [0.2, 0.25) is 0 Å². The predicted molar refractivity (Wildman–Crippen MR) is 43.9 cm³/mol. The van der Waals surface area contributed by atoms with Crippen molar-refractivity contribution in [2.24, 2.45) is 0 Å². The van der Waals surface area contributed by atoms with Gasteiger partial charge in [-0.1, -0.05) is 0 Å². The summed E-state index contributed by atoms with van der Waals surface area (Å²) in [5.74, 6) is 0.564. The zero-order valence-electron chi connectivity index (χ0n) is 4.93. The molecule has 0 spiro atoms. The zero-order chi connectivity index (χ0) is 6.85. The van der Waals surface area contributed by atoms with Crippen LogP contribution in [0.5, 0.6) is 0 Å². The largest absolute Gasteiger partial charge is 0.383 e. The summed E-state index contributed by atoms with van der Waals surface area (Å²) >= 11 is 2.12. The van der Waals surface area contributed by atoms with Crippen molar-refractivity contribution in [3.8, 4) is 0 Å². The number of nitrogens with zero attached hydrogens (tertiary/aromatic N) is 2. The molecular formula is C5H6IN3. The second kappa shape index (κ2) is 2.47. The second-order valence-corrected chi connectivity index (χ2v) is 2.70. The number of hydrogen-bond donors (Lipinski definition) is 1. The minimum absolute atomic E-state index is 0.564. The summed E-state index contributed by atoms with van der Waals surface area (Å²) in [6.45, 7) is 1.90. The van der Waals surface area contributed by atoms with E-state index in [1.54, 1.807) is 0 Å². The Labute approximate surface area is 66.8 Å². The van der Waals surface area contributed by atoms with Crippen LogP contribution in [0.4, 0.5) is 5.82 Å². The normalized spacial score (nSPS) is 9.56. The van der Waals surface area contributed by atoms with Gasteiger partial charge in [-0.25, -0.2) is 9.97 Å². The number of nitrogen functional groups attached to an aromatic ring is 1. The average molecular weight is 235 g/mol. The van der Waals surface area contributed by atoms with Crippen molar-refractivity contribution in [3.63, 3.8) is 0 Å². The first-order valence-electron chi connectivity index (χ1n) is 2.44. The Kier molecular flexibility index (Phi) is 1.84. The molecule has 0 atom stereocenters. The highest BCUT2D eigenvalue weighted by Crippen LogP contribution is 2.10. The van der Waals surface area contributed by atoms with Gasteiger partial charge in [-0.15, -0.1) is 0 Å². The summed E-state index contributed by atoms with van der Waals surface area (Å²) in [6.07, 6.45) is 1.46. The molecule has 3 nitrogen and oxygen atoms in total. The monoisotopic (exact) mass is 235 g/mol. The molecule has 0 aliphatic heterocycles. The molecule has 0 aliphatic carbocycles. The molecule has 0 saturated heterocycles. The maximum Gasteiger partial charge on any atom is 0.130 e. The highest BCUT2D eigenvalue weighted by Gasteiger charge is 1.97. The van der Waals surface area contributed by atoms with Crippen molar-refractivity contribution in [3.05, 3.63) is 15.6 Å². The minimum Gasteiger partial charge on any atom is -0.383 e. The van der Waals surface area contributed by atoms with E-state index in [1.807, 2.05) is 6.92 Å². The van der Waals surface area contributed by atoms with E-state index in [9.17, 15) is 0 Å². The van der Waals surface area contributed by atoms with Crippen LogP contribution in [0.15, 0.2) is 6.33 Å². The standard InChI is InChI=1S/C5H6IN3/c1-3-4(6)8-2-9-5(3)7/h2H,1H3,(H2,7,8,9). The molecular weight excluding hydrogens is 229 g/mol. The van der Waals surface area contributed by atoms with E-state index in [-0.39, 0.29) is 0 Å². The van der Waals surface area contributed by atoms with Crippen LogP contribution < -0.4 is 5.73 Å². The molecule has 0 aliphatic rings. The van der Waals surface area contributed by atoms with Crippen LogP contribution in [0, 0.1) is 10.6 Å². The molecule has 0 radical (unpaired) electrons. The Morgan fingerprint density at radius 3 is 2.67 bits per heavy atom. The quantitative estimate of drug-likeness (QED) is 0.538. The fraction of sp³-hybridized carbons (Fsp3) is 0.200. The average Bonchev–Trinajstić information content (AvgIpc) is 1.83. The molecule has 0 saturated carbocycles. The van der Waals surface area contributed by atoms with Crippen LogP contribution in [0.3, 0.4) is 0 Å². The van der Waals surface area contributed by atoms with Gasteiger partial charge < -0.3 is 5.73 Å². The number of rotatable bonds is 0. The molecule has 2 N–H and O–H groups in total. The fourth-order valence-electron chi connectivity index (χ4n) is 0.441. The van der Waals surface area contributed by atoms with Gasteiger partial charge in [0, 0.05) is 5.56 Å². The van der Waals surface area contributed by atoms with Gasteiger partial charge in [-0.05, 0) is 29.5 Å². The van der Waals surface area contributed by atoms with Gasteiger partial charge in [0.2, 0.25) is 0 Å². The summed E-state index contributed by atoms with van der Waals surface area (Å²) in [7, 11) is 0. The first kappa shape index (κ1) is 6.73. The van der Waals surface area contributed by atoms with Crippen LogP contribution in [0.1, 0.15) is 5.56 Å². The lowest BCUT2D eigenvalue weighted by atomic mass is 10.4. The SMILES string of the molecule is Cc1c(N)ncnc1I. The fourth-order valence-corrected chi connectivity index (χ4v) is 0.842. The summed E-state index contributed by atoms with van der Waals surface area (Å²) in [6, 6.07) is 0. The molecule has 9 heavy (non-hydrogen) atoms. The maximum atomic E-state index is 5.46. The molecule has 4 heteroatoms. The van der Waals surface area contributed by atoms with Gasteiger partial charge in [0.05, 0.1) is 0 Å². The van der Waals surface area contributed by atoms with Gasteiger partial charge in [0.15, 0.2) is 0 Å².